The molecule has 0 saturated heterocycles. The van der Waals surface area contributed by atoms with Crippen molar-refractivity contribution in [2.24, 2.45) is 0 Å². The van der Waals surface area contributed by atoms with E-state index in [0.717, 1.165) is 32.0 Å². The second-order valence-corrected chi connectivity index (χ2v) is 4.19. The molecule has 0 atom stereocenters. The Balaban J connectivity index is 2.93. The molecule has 16 heavy (non-hydrogen) atoms. The van der Waals surface area contributed by atoms with Crippen molar-refractivity contribution in [2.45, 2.75) is 64.2 Å². The molecule has 0 aromatic heterocycles. The zero-order valence-corrected chi connectivity index (χ0v) is 10.0. The molecule has 0 aliphatic rings. The van der Waals surface area contributed by atoms with Gasteiger partial charge in [0.25, 0.3) is 0 Å². The summed E-state index contributed by atoms with van der Waals surface area (Å²) in [6, 6.07) is 0. The first-order valence-corrected chi connectivity index (χ1v) is 6.33. The van der Waals surface area contributed by atoms with Gasteiger partial charge in [-0.3, -0.25) is 10.1 Å². The Labute approximate surface area is 97.6 Å². The maximum absolute atomic E-state index is 10.0. The van der Waals surface area contributed by atoms with Crippen LogP contribution in [0.1, 0.15) is 64.2 Å². The largest absolute Gasteiger partial charge is 0.303 e. The smallest absolute Gasteiger partial charge is 0.203 e. The highest BCUT2D eigenvalue weighted by atomic mass is 16.6. The fourth-order valence-corrected chi connectivity index (χ4v) is 1.71. The topological polar surface area (TPSA) is 60.2 Å². The van der Waals surface area contributed by atoms with Crippen molar-refractivity contribution in [3.63, 3.8) is 0 Å². The third-order valence-corrected chi connectivity index (χ3v) is 2.66. The molecule has 0 aromatic carbocycles. The number of aldehydes is 1. The summed E-state index contributed by atoms with van der Waals surface area (Å²) >= 11 is 0. The summed E-state index contributed by atoms with van der Waals surface area (Å²) in [6.07, 6.45) is 11.5. The minimum Gasteiger partial charge on any atom is -0.303 e. The summed E-state index contributed by atoms with van der Waals surface area (Å²) in [5.74, 6) is 0. The van der Waals surface area contributed by atoms with Crippen molar-refractivity contribution in [1.82, 2.24) is 0 Å². The van der Waals surface area contributed by atoms with Crippen LogP contribution in [-0.4, -0.2) is 17.8 Å². The first kappa shape index (κ1) is 15.1. The molecule has 94 valence electrons. The van der Waals surface area contributed by atoms with Crippen LogP contribution in [0.4, 0.5) is 0 Å². The second kappa shape index (κ2) is 12.1. The Morgan fingerprint density at radius 2 is 1.25 bits per heavy atom. The van der Waals surface area contributed by atoms with Gasteiger partial charge >= 0.3 is 0 Å². The van der Waals surface area contributed by atoms with E-state index in [-0.39, 0.29) is 11.5 Å². The van der Waals surface area contributed by atoms with Crippen LogP contribution < -0.4 is 0 Å². The van der Waals surface area contributed by atoms with Gasteiger partial charge in [0.15, 0.2) is 0 Å². The van der Waals surface area contributed by atoms with E-state index in [1.807, 2.05) is 0 Å². The zero-order valence-electron chi connectivity index (χ0n) is 10.0. The molecule has 4 nitrogen and oxygen atoms in total. The molecule has 0 saturated carbocycles. The van der Waals surface area contributed by atoms with Gasteiger partial charge in [0.05, 0.1) is 0 Å². The minimum atomic E-state index is -0.243. The van der Waals surface area contributed by atoms with E-state index in [9.17, 15) is 14.9 Å². The highest BCUT2D eigenvalue weighted by molar-refractivity contribution is 5.48. The summed E-state index contributed by atoms with van der Waals surface area (Å²) in [7, 11) is 0. The standard InChI is InChI=1S/C12H23NO3/c14-12-10-8-6-4-2-1-3-5-7-9-11-13(15)16/h12H,1-11H2. The molecule has 0 N–H and O–H groups in total. The van der Waals surface area contributed by atoms with Crippen LogP contribution >= 0.6 is 0 Å². The van der Waals surface area contributed by atoms with Crippen LogP contribution in [0.5, 0.6) is 0 Å². The maximum Gasteiger partial charge on any atom is 0.203 e. The Kier molecular flexibility index (Phi) is 11.4. The highest BCUT2D eigenvalue weighted by Crippen LogP contribution is 2.10. The van der Waals surface area contributed by atoms with Gasteiger partial charge in [0.1, 0.15) is 6.29 Å². The van der Waals surface area contributed by atoms with Crippen LogP contribution in [0.2, 0.25) is 0 Å². The summed E-state index contributed by atoms with van der Waals surface area (Å²) in [6.45, 7) is 0.117. The van der Waals surface area contributed by atoms with Crippen LogP contribution in [0.3, 0.4) is 0 Å². The molecule has 0 aliphatic carbocycles. The molecule has 0 bridgehead atoms. The number of hydrogen-bond donors (Lipinski definition) is 0. The Morgan fingerprint density at radius 3 is 1.69 bits per heavy atom. The van der Waals surface area contributed by atoms with E-state index in [2.05, 4.69) is 0 Å². The van der Waals surface area contributed by atoms with E-state index in [0.29, 0.717) is 12.8 Å². The molecule has 0 unspecified atom stereocenters. The summed E-state index contributed by atoms with van der Waals surface area (Å²) in [5, 5.41) is 10.0. The molecule has 0 fully saturated rings. The van der Waals surface area contributed by atoms with Crippen molar-refractivity contribution in [3.8, 4) is 0 Å². The van der Waals surface area contributed by atoms with Crippen molar-refractivity contribution in [3.05, 3.63) is 10.1 Å². The van der Waals surface area contributed by atoms with E-state index in [1.54, 1.807) is 0 Å². The molecule has 0 amide bonds. The lowest BCUT2D eigenvalue weighted by atomic mass is 10.1. The molecule has 0 spiro atoms. The van der Waals surface area contributed by atoms with Gasteiger partial charge in [-0.25, -0.2) is 0 Å². The number of rotatable bonds is 12. The van der Waals surface area contributed by atoms with Gasteiger partial charge in [-0.05, 0) is 12.8 Å². The normalized spacial score (nSPS) is 10.2. The lowest BCUT2D eigenvalue weighted by Gasteiger charge is -2.00. The lowest BCUT2D eigenvalue weighted by molar-refractivity contribution is -0.480. The summed E-state index contributed by atoms with van der Waals surface area (Å²) in [5.41, 5.74) is 0. The molecular weight excluding hydrogens is 206 g/mol. The van der Waals surface area contributed by atoms with Gasteiger partial charge in [-0.1, -0.05) is 38.5 Å². The minimum absolute atomic E-state index is 0.117. The van der Waals surface area contributed by atoms with Gasteiger partial charge < -0.3 is 4.79 Å². The summed E-state index contributed by atoms with van der Waals surface area (Å²) < 4.78 is 0. The lowest BCUT2D eigenvalue weighted by Crippen LogP contribution is -1.99. The number of carbonyl (C=O) groups excluding carboxylic acids is 1. The van der Waals surface area contributed by atoms with Crippen LogP contribution in [0.25, 0.3) is 0 Å². The van der Waals surface area contributed by atoms with Gasteiger partial charge in [-0.2, -0.15) is 0 Å². The van der Waals surface area contributed by atoms with Crippen molar-refractivity contribution in [1.29, 1.82) is 0 Å². The fourth-order valence-electron chi connectivity index (χ4n) is 1.71. The zero-order chi connectivity index (χ0) is 12.1. The summed E-state index contributed by atoms with van der Waals surface area (Å²) in [4.78, 5) is 19.8. The number of nitrogens with zero attached hydrogens (tertiary/aromatic N) is 1. The van der Waals surface area contributed by atoms with Gasteiger partial charge in [-0.15, -0.1) is 0 Å². The molecular formula is C12H23NO3. The third kappa shape index (κ3) is 13.1. The molecule has 0 aromatic rings. The molecule has 0 heterocycles. The van der Waals surface area contributed by atoms with E-state index in [4.69, 9.17) is 0 Å². The quantitative estimate of drug-likeness (QED) is 0.223. The monoisotopic (exact) mass is 229 g/mol. The fraction of sp³-hybridized carbons (Fsp3) is 0.917. The van der Waals surface area contributed by atoms with E-state index in [1.165, 1.54) is 25.7 Å². The first-order valence-electron chi connectivity index (χ1n) is 6.33. The van der Waals surface area contributed by atoms with Gasteiger partial charge in [0.2, 0.25) is 6.54 Å². The van der Waals surface area contributed by atoms with Crippen molar-refractivity contribution in [2.75, 3.05) is 6.54 Å². The van der Waals surface area contributed by atoms with Crippen LogP contribution in [0.15, 0.2) is 0 Å². The van der Waals surface area contributed by atoms with E-state index >= 15 is 0 Å². The molecule has 0 radical (unpaired) electrons. The average molecular weight is 229 g/mol. The third-order valence-electron chi connectivity index (χ3n) is 2.66. The Bertz CT molecular complexity index is 183. The number of unbranched alkanes of at least 4 members (excludes halogenated alkanes) is 9. The molecule has 4 heteroatoms. The Morgan fingerprint density at radius 1 is 0.812 bits per heavy atom. The number of hydrogen-bond acceptors (Lipinski definition) is 3. The first-order chi connectivity index (χ1) is 7.77. The van der Waals surface area contributed by atoms with Crippen molar-refractivity contribution < 1.29 is 9.72 Å². The molecule has 0 aliphatic heterocycles. The predicted molar refractivity (Wildman–Crippen MR) is 64.1 cm³/mol. The predicted octanol–water partition coefficient (Wildman–Crippen LogP) is 3.36. The Hall–Kier alpha value is -0.930. The second-order valence-electron chi connectivity index (χ2n) is 4.19. The van der Waals surface area contributed by atoms with Crippen LogP contribution in [-0.2, 0) is 4.79 Å². The number of carbonyl (C=O) groups is 1. The van der Waals surface area contributed by atoms with E-state index < -0.39 is 0 Å². The maximum atomic E-state index is 10.0. The number of nitro groups is 1. The van der Waals surface area contributed by atoms with Crippen molar-refractivity contribution >= 4 is 6.29 Å². The molecule has 0 rings (SSSR count). The SMILES string of the molecule is O=CCCCCCCCCCCC[N+](=O)[O-]. The van der Waals surface area contributed by atoms with Gasteiger partial charge in [0, 0.05) is 17.8 Å². The van der Waals surface area contributed by atoms with Crippen LogP contribution in [0, 0.1) is 10.1 Å². The average Bonchev–Trinajstić information content (AvgIpc) is 2.25. The highest BCUT2D eigenvalue weighted by Gasteiger charge is 1.96.